The summed E-state index contributed by atoms with van der Waals surface area (Å²) >= 11 is 0. The Kier molecular flexibility index (Phi) is 5.76. The lowest BCUT2D eigenvalue weighted by atomic mass is 10.2. The third-order valence-corrected chi connectivity index (χ3v) is 4.65. The van der Waals surface area contributed by atoms with Crippen LogP contribution in [0.5, 0.6) is 0 Å². The molecule has 0 radical (unpaired) electrons. The molecule has 6 nitrogen and oxygen atoms in total. The standard InChI is InChI=1S/C14H18N2O4S/c1-4-8-16(9-5-2)21(18,19)13-10-11(15)6-7-12(13)14(17)20-3/h1,6-7,10H,5,8-9,15H2,2-3H3. The van der Waals surface area contributed by atoms with Gasteiger partial charge in [0.25, 0.3) is 0 Å². The van der Waals surface area contributed by atoms with Crippen LogP contribution in [0.4, 0.5) is 5.69 Å². The fraction of sp³-hybridized carbons (Fsp3) is 0.357. The maximum atomic E-state index is 12.7. The number of methoxy groups -OCH3 is 1. The Morgan fingerprint density at radius 2 is 2.14 bits per heavy atom. The molecule has 0 aliphatic heterocycles. The zero-order valence-electron chi connectivity index (χ0n) is 12.0. The number of anilines is 1. The van der Waals surface area contributed by atoms with E-state index >= 15 is 0 Å². The Balaban J connectivity index is 3.45. The predicted molar refractivity (Wildman–Crippen MR) is 80.1 cm³/mol. The summed E-state index contributed by atoms with van der Waals surface area (Å²) in [6.45, 7) is 2.01. The van der Waals surface area contributed by atoms with Crippen LogP contribution in [0, 0.1) is 12.3 Å². The number of hydrogen-bond donors (Lipinski definition) is 1. The summed E-state index contributed by atoms with van der Waals surface area (Å²) in [5.74, 6) is 1.56. The van der Waals surface area contributed by atoms with Gasteiger partial charge in [0.15, 0.2) is 0 Å². The molecule has 1 aromatic carbocycles. The van der Waals surface area contributed by atoms with Crippen molar-refractivity contribution < 1.29 is 17.9 Å². The van der Waals surface area contributed by atoms with Crippen molar-refractivity contribution in [1.82, 2.24) is 4.31 Å². The number of rotatable bonds is 6. The molecule has 1 aromatic rings. The minimum absolute atomic E-state index is 0.0650. The van der Waals surface area contributed by atoms with E-state index in [1.807, 2.05) is 6.92 Å². The fourth-order valence-electron chi connectivity index (χ4n) is 1.81. The Labute approximate surface area is 124 Å². The maximum Gasteiger partial charge on any atom is 0.339 e. The zero-order chi connectivity index (χ0) is 16.0. The van der Waals surface area contributed by atoms with Gasteiger partial charge in [0, 0.05) is 12.2 Å². The van der Waals surface area contributed by atoms with Gasteiger partial charge in [-0.15, -0.1) is 6.42 Å². The Hall–Kier alpha value is -2.04. The number of nitrogens with two attached hydrogens (primary N) is 1. The van der Waals surface area contributed by atoms with Gasteiger partial charge in [-0.25, -0.2) is 13.2 Å². The third-order valence-electron chi connectivity index (χ3n) is 2.77. The molecule has 21 heavy (non-hydrogen) atoms. The van der Waals surface area contributed by atoms with Crippen molar-refractivity contribution in [3.8, 4) is 12.3 Å². The summed E-state index contributed by atoms with van der Waals surface area (Å²) in [6.07, 6.45) is 5.81. The van der Waals surface area contributed by atoms with Gasteiger partial charge in [-0.2, -0.15) is 4.31 Å². The van der Waals surface area contributed by atoms with E-state index in [0.717, 1.165) is 4.31 Å². The molecule has 1 rings (SSSR count). The molecule has 0 saturated carbocycles. The molecular weight excluding hydrogens is 292 g/mol. The van der Waals surface area contributed by atoms with Gasteiger partial charge < -0.3 is 10.5 Å². The molecule has 2 N–H and O–H groups in total. The number of hydrogen-bond acceptors (Lipinski definition) is 5. The SMILES string of the molecule is C#CCN(CCC)S(=O)(=O)c1cc(N)ccc1C(=O)OC. The second-order valence-electron chi connectivity index (χ2n) is 4.29. The van der Waals surface area contributed by atoms with Crippen molar-refractivity contribution in [2.24, 2.45) is 0 Å². The Morgan fingerprint density at radius 1 is 1.48 bits per heavy atom. The first kappa shape index (κ1) is 17.0. The summed E-state index contributed by atoms with van der Waals surface area (Å²) in [5.41, 5.74) is 5.81. The first-order chi connectivity index (χ1) is 9.88. The minimum atomic E-state index is -3.92. The quantitative estimate of drug-likeness (QED) is 0.482. The number of benzene rings is 1. The largest absolute Gasteiger partial charge is 0.465 e. The number of carbonyl (C=O) groups excluding carboxylic acids is 1. The summed E-state index contributed by atoms with van der Waals surface area (Å²) in [6, 6.07) is 4.01. The molecule has 7 heteroatoms. The number of nitrogen functional groups attached to an aromatic ring is 1. The number of ether oxygens (including phenoxy) is 1. The molecule has 0 aliphatic carbocycles. The summed E-state index contributed by atoms with van der Waals surface area (Å²) in [5, 5.41) is 0. The van der Waals surface area contributed by atoms with Crippen LogP contribution in [-0.2, 0) is 14.8 Å². The van der Waals surface area contributed by atoms with Crippen LogP contribution < -0.4 is 5.73 Å². The highest BCUT2D eigenvalue weighted by Crippen LogP contribution is 2.23. The van der Waals surface area contributed by atoms with E-state index in [-0.39, 0.29) is 29.2 Å². The van der Waals surface area contributed by atoms with Gasteiger partial charge in [0.1, 0.15) is 0 Å². The smallest absolute Gasteiger partial charge is 0.339 e. The average molecular weight is 310 g/mol. The summed E-state index contributed by atoms with van der Waals surface area (Å²) in [4.78, 5) is 11.5. The molecule has 0 aliphatic rings. The number of esters is 1. The van der Waals surface area contributed by atoms with Crippen LogP contribution in [-0.4, -0.2) is 38.9 Å². The summed E-state index contributed by atoms with van der Waals surface area (Å²) < 4.78 is 31.1. The van der Waals surface area contributed by atoms with Crippen LogP contribution in [0.1, 0.15) is 23.7 Å². The van der Waals surface area contributed by atoms with Gasteiger partial charge in [-0.3, -0.25) is 0 Å². The van der Waals surface area contributed by atoms with Crippen LogP contribution in [0.25, 0.3) is 0 Å². The fourth-order valence-corrected chi connectivity index (χ4v) is 3.47. The monoisotopic (exact) mass is 310 g/mol. The van der Waals surface area contributed by atoms with Gasteiger partial charge in [-0.05, 0) is 24.6 Å². The highest BCUT2D eigenvalue weighted by Gasteiger charge is 2.28. The molecule has 0 atom stereocenters. The Morgan fingerprint density at radius 3 is 2.67 bits per heavy atom. The zero-order valence-corrected chi connectivity index (χ0v) is 12.8. The van der Waals surface area contributed by atoms with Gasteiger partial charge >= 0.3 is 5.97 Å². The molecular formula is C14H18N2O4S. The van der Waals surface area contributed by atoms with E-state index in [0.29, 0.717) is 6.42 Å². The Bertz CT molecular complexity index is 662. The highest BCUT2D eigenvalue weighted by atomic mass is 32.2. The molecule has 0 spiro atoms. The number of sulfonamides is 1. The maximum absolute atomic E-state index is 12.7. The average Bonchev–Trinajstić information content (AvgIpc) is 2.46. The molecule has 114 valence electrons. The van der Waals surface area contributed by atoms with Crippen LogP contribution in [0.3, 0.4) is 0 Å². The van der Waals surface area contributed by atoms with Gasteiger partial charge in [-0.1, -0.05) is 12.8 Å². The lowest BCUT2D eigenvalue weighted by molar-refractivity contribution is 0.0596. The predicted octanol–water partition coefficient (Wildman–Crippen LogP) is 1.09. The van der Waals surface area contributed by atoms with Crippen LogP contribution in [0.15, 0.2) is 23.1 Å². The minimum Gasteiger partial charge on any atom is -0.465 e. The second kappa shape index (κ2) is 7.11. The number of nitrogens with zero attached hydrogens (tertiary/aromatic N) is 1. The molecule has 0 aromatic heterocycles. The molecule has 0 amide bonds. The van der Waals surface area contributed by atoms with Crippen molar-refractivity contribution in [3.63, 3.8) is 0 Å². The van der Waals surface area contributed by atoms with Crippen molar-refractivity contribution in [2.75, 3.05) is 25.9 Å². The van der Waals surface area contributed by atoms with Crippen molar-refractivity contribution in [2.45, 2.75) is 18.2 Å². The van der Waals surface area contributed by atoms with E-state index in [1.54, 1.807) is 0 Å². The van der Waals surface area contributed by atoms with E-state index < -0.39 is 16.0 Å². The first-order valence-electron chi connectivity index (χ1n) is 6.30. The molecule has 0 fully saturated rings. The lowest BCUT2D eigenvalue weighted by Crippen LogP contribution is -2.33. The van der Waals surface area contributed by atoms with Crippen molar-refractivity contribution >= 4 is 21.7 Å². The molecule has 0 unspecified atom stereocenters. The molecule has 0 heterocycles. The third kappa shape index (κ3) is 3.74. The second-order valence-corrected chi connectivity index (χ2v) is 6.20. The normalized spacial score (nSPS) is 11.1. The number of carbonyl (C=O) groups is 1. The van der Waals surface area contributed by atoms with Crippen LogP contribution in [0.2, 0.25) is 0 Å². The van der Waals surface area contributed by atoms with Crippen molar-refractivity contribution in [3.05, 3.63) is 23.8 Å². The topological polar surface area (TPSA) is 89.7 Å². The highest BCUT2D eigenvalue weighted by molar-refractivity contribution is 7.89. The molecule has 0 saturated heterocycles. The first-order valence-corrected chi connectivity index (χ1v) is 7.74. The summed E-state index contributed by atoms with van der Waals surface area (Å²) in [7, 11) is -2.74. The van der Waals surface area contributed by atoms with E-state index in [2.05, 4.69) is 10.7 Å². The number of terminal acetylenes is 1. The van der Waals surface area contributed by atoms with Crippen LogP contribution >= 0.6 is 0 Å². The van der Waals surface area contributed by atoms with E-state index in [4.69, 9.17) is 12.2 Å². The molecule has 0 bridgehead atoms. The van der Waals surface area contributed by atoms with Gasteiger partial charge in [0.05, 0.1) is 24.1 Å². The van der Waals surface area contributed by atoms with Gasteiger partial charge in [0.2, 0.25) is 10.0 Å². The van der Waals surface area contributed by atoms with E-state index in [1.165, 1.54) is 25.3 Å². The van der Waals surface area contributed by atoms with E-state index in [9.17, 15) is 13.2 Å². The van der Waals surface area contributed by atoms with Crippen molar-refractivity contribution in [1.29, 1.82) is 0 Å². The lowest BCUT2D eigenvalue weighted by Gasteiger charge is -2.20.